The van der Waals surface area contributed by atoms with Crippen LogP contribution in [-0.2, 0) is 6.54 Å². The molecule has 2 aromatic heterocycles. The summed E-state index contributed by atoms with van der Waals surface area (Å²) in [6, 6.07) is 13.5. The highest BCUT2D eigenvalue weighted by molar-refractivity contribution is 7.99. The summed E-state index contributed by atoms with van der Waals surface area (Å²) in [5, 5.41) is 4.93. The number of halogens is 2. The average Bonchev–Trinajstić information content (AvgIpc) is 3.08. The van der Waals surface area contributed by atoms with Crippen LogP contribution in [0.5, 0.6) is 0 Å². The van der Waals surface area contributed by atoms with Crippen molar-refractivity contribution in [3.8, 4) is 11.3 Å². The van der Waals surface area contributed by atoms with Crippen molar-refractivity contribution >= 4 is 35.8 Å². The van der Waals surface area contributed by atoms with E-state index in [1.165, 1.54) is 0 Å². The molecule has 1 aromatic carbocycles. The van der Waals surface area contributed by atoms with Crippen molar-refractivity contribution < 1.29 is 4.42 Å². The van der Waals surface area contributed by atoms with E-state index in [0.717, 1.165) is 41.0 Å². The van der Waals surface area contributed by atoms with Crippen molar-refractivity contribution in [1.29, 1.82) is 0 Å². The molecule has 3 rings (SSSR count). The molecule has 2 heterocycles. The summed E-state index contributed by atoms with van der Waals surface area (Å²) in [6.07, 6.45) is 4.58. The summed E-state index contributed by atoms with van der Waals surface area (Å²) >= 11 is 7.68. The maximum atomic E-state index is 6.01. The lowest BCUT2D eigenvalue weighted by Gasteiger charge is -2.03. The highest BCUT2D eigenvalue weighted by atomic mass is 35.5. The Morgan fingerprint density at radius 1 is 1.08 bits per heavy atom. The fraction of sp³-hybridized carbons (Fsp3) is 0.222. The van der Waals surface area contributed by atoms with Crippen molar-refractivity contribution in [2.45, 2.75) is 18.1 Å². The van der Waals surface area contributed by atoms with Crippen LogP contribution in [0.3, 0.4) is 0 Å². The lowest BCUT2D eigenvalue weighted by Crippen LogP contribution is -2.14. The van der Waals surface area contributed by atoms with Crippen LogP contribution in [0.4, 0.5) is 0 Å². The highest BCUT2D eigenvalue weighted by Crippen LogP contribution is 2.24. The molecular formula is C18H19Cl2N3OS. The highest BCUT2D eigenvalue weighted by Gasteiger charge is 2.05. The number of hydrogen-bond donors (Lipinski definition) is 1. The molecule has 132 valence electrons. The Kier molecular flexibility index (Phi) is 8.28. The molecule has 0 amide bonds. The molecule has 0 saturated carbocycles. The third kappa shape index (κ3) is 6.36. The minimum Gasteiger partial charge on any atom is -0.460 e. The van der Waals surface area contributed by atoms with E-state index in [9.17, 15) is 0 Å². The second kappa shape index (κ2) is 10.5. The Bertz CT molecular complexity index is 768. The predicted molar refractivity (Wildman–Crippen MR) is 105 cm³/mol. The van der Waals surface area contributed by atoms with E-state index in [-0.39, 0.29) is 12.4 Å². The molecule has 25 heavy (non-hydrogen) atoms. The van der Waals surface area contributed by atoms with Crippen molar-refractivity contribution in [2.75, 3.05) is 12.3 Å². The number of benzene rings is 1. The molecule has 0 fully saturated rings. The van der Waals surface area contributed by atoms with E-state index in [1.807, 2.05) is 42.5 Å². The molecule has 4 nitrogen and oxygen atoms in total. The van der Waals surface area contributed by atoms with Gasteiger partial charge in [0.1, 0.15) is 11.5 Å². The second-order valence-corrected chi connectivity index (χ2v) is 6.68. The van der Waals surface area contributed by atoms with Gasteiger partial charge >= 0.3 is 0 Å². The van der Waals surface area contributed by atoms with Gasteiger partial charge in [0.2, 0.25) is 0 Å². The third-order valence-electron chi connectivity index (χ3n) is 3.34. The van der Waals surface area contributed by atoms with Crippen molar-refractivity contribution in [3.63, 3.8) is 0 Å². The number of nitrogens with zero attached hydrogens (tertiary/aromatic N) is 2. The first-order valence-electron chi connectivity index (χ1n) is 7.76. The maximum absolute atomic E-state index is 6.01. The van der Waals surface area contributed by atoms with Crippen molar-refractivity contribution in [2.24, 2.45) is 0 Å². The minimum atomic E-state index is 0. The SMILES string of the molecule is Cl.Clc1cccc(-c2ccc(CNCCCSc3ncccn3)o2)c1. The Morgan fingerprint density at radius 3 is 2.72 bits per heavy atom. The molecule has 0 bridgehead atoms. The number of nitrogens with one attached hydrogen (secondary N) is 1. The molecule has 0 saturated heterocycles. The van der Waals surface area contributed by atoms with Crippen molar-refractivity contribution in [1.82, 2.24) is 15.3 Å². The predicted octanol–water partition coefficient (Wildman–Crippen LogP) is 5.08. The summed E-state index contributed by atoms with van der Waals surface area (Å²) in [6.45, 7) is 1.64. The van der Waals surface area contributed by atoms with E-state index in [1.54, 1.807) is 24.2 Å². The van der Waals surface area contributed by atoms with Crippen LogP contribution < -0.4 is 5.32 Å². The van der Waals surface area contributed by atoms with Gasteiger partial charge in [0.15, 0.2) is 5.16 Å². The molecule has 0 aliphatic carbocycles. The monoisotopic (exact) mass is 395 g/mol. The van der Waals surface area contributed by atoms with Crippen LogP contribution in [0.25, 0.3) is 11.3 Å². The first-order chi connectivity index (χ1) is 11.8. The first-order valence-corrected chi connectivity index (χ1v) is 9.13. The molecule has 0 atom stereocenters. The van der Waals surface area contributed by atoms with Gasteiger partial charge in [-0.1, -0.05) is 35.5 Å². The zero-order chi connectivity index (χ0) is 16.6. The Hall–Kier alpha value is -1.53. The standard InChI is InChI=1S/C18H18ClN3OS.ClH/c19-15-5-1-4-14(12-15)17-7-6-16(23-17)13-20-8-3-11-24-18-21-9-2-10-22-18;/h1-2,4-7,9-10,12,20H,3,8,11,13H2;1H. The summed E-state index contributed by atoms with van der Waals surface area (Å²) < 4.78 is 5.85. The molecule has 0 aliphatic heterocycles. The molecular weight excluding hydrogens is 377 g/mol. The van der Waals surface area contributed by atoms with Gasteiger partial charge in [-0.25, -0.2) is 9.97 Å². The van der Waals surface area contributed by atoms with Crippen LogP contribution in [-0.4, -0.2) is 22.3 Å². The normalized spacial score (nSPS) is 10.4. The van der Waals surface area contributed by atoms with Crippen LogP contribution in [0.2, 0.25) is 5.02 Å². The van der Waals surface area contributed by atoms with E-state index >= 15 is 0 Å². The summed E-state index contributed by atoms with van der Waals surface area (Å²) in [5.41, 5.74) is 0.994. The number of hydrogen-bond acceptors (Lipinski definition) is 5. The van der Waals surface area contributed by atoms with Gasteiger partial charge in [-0.15, -0.1) is 12.4 Å². The number of thioether (sulfide) groups is 1. The Morgan fingerprint density at radius 2 is 1.92 bits per heavy atom. The molecule has 0 aliphatic rings. The number of rotatable bonds is 8. The van der Waals surface area contributed by atoms with Crippen LogP contribution >= 0.6 is 35.8 Å². The molecule has 7 heteroatoms. The number of aromatic nitrogens is 2. The topological polar surface area (TPSA) is 51.0 Å². The lowest BCUT2D eigenvalue weighted by molar-refractivity contribution is 0.494. The van der Waals surface area contributed by atoms with E-state index in [0.29, 0.717) is 11.6 Å². The van der Waals surface area contributed by atoms with Crippen LogP contribution in [0.15, 0.2) is 64.4 Å². The quantitative estimate of drug-likeness (QED) is 0.327. The van der Waals surface area contributed by atoms with Gasteiger partial charge in [-0.05, 0) is 43.3 Å². The third-order valence-corrected chi connectivity index (χ3v) is 4.54. The summed E-state index contributed by atoms with van der Waals surface area (Å²) in [7, 11) is 0. The zero-order valence-corrected chi connectivity index (χ0v) is 15.9. The van der Waals surface area contributed by atoms with E-state index in [4.69, 9.17) is 16.0 Å². The molecule has 0 radical (unpaired) electrons. The Balaban J connectivity index is 0.00000225. The zero-order valence-electron chi connectivity index (χ0n) is 13.5. The molecule has 0 spiro atoms. The van der Waals surface area contributed by atoms with Gasteiger partial charge in [0.25, 0.3) is 0 Å². The second-order valence-electron chi connectivity index (χ2n) is 5.19. The fourth-order valence-corrected chi connectivity index (χ4v) is 3.13. The van der Waals surface area contributed by atoms with Gasteiger partial charge in [-0.3, -0.25) is 0 Å². The molecule has 0 unspecified atom stereocenters. The smallest absolute Gasteiger partial charge is 0.187 e. The lowest BCUT2D eigenvalue weighted by atomic mass is 10.2. The molecule has 1 N–H and O–H groups in total. The number of furan rings is 1. The Labute approximate surface area is 162 Å². The summed E-state index contributed by atoms with van der Waals surface area (Å²) in [5.74, 6) is 2.75. The first kappa shape index (κ1) is 19.8. The largest absolute Gasteiger partial charge is 0.460 e. The minimum absolute atomic E-state index is 0. The van der Waals surface area contributed by atoms with Crippen LogP contribution in [0.1, 0.15) is 12.2 Å². The average molecular weight is 396 g/mol. The molecule has 3 aromatic rings. The van der Waals surface area contributed by atoms with E-state index < -0.39 is 0 Å². The van der Waals surface area contributed by atoms with Crippen molar-refractivity contribution in [3.05, 3.63) is 65.6 Å². The fourth-order valence-electron chi connectivity index (χ4n) is 2.20. The van der Waals surface area contributed by atoms with Gasteiger partial charge in [-0.2, -0.15) is 0 Å². The van der Waals surface area contributed by atoms with Gasteiger partial charge in [0, 0.05) is 28.7 Å². The van der Waals surface area contributed by atoms with E-state index in [2.05, 4.69) is 15.3 Å². The summed E-state index contributed by atoms with van der Waals surface area (Å²) in [4.78, 5) is 8.38. The van der Waals surface area contributed by atoms with Gasteiger partial charge in [0.05, 0.1) is 6.54 Å². The maximum Gasteiger partial charge on any atom is 0.187 e. The van der Waals surface area contributed by atoms with Gasteiger partial charge < -0.3 is 9.73 Å². The van der Waals surface area contributed by atoms with Crippen LogP contribution in [0, 0.1) is 0 Å².